The minimum absolute atomic E-state index is 0.0172. The van der Waals surface area contributed by atoms with Crippen molar-refractivity contribution >= 4 is 11.8 Å². The largest absolute Gasteiger partial charge is 0.354 e. The summed E-state index contributed by atoms with van der Waals surface area (Å²) in [6.45, 7) is 8.69. The number of fused-ring (bicyclic) bond motifs is 1. The van der Waals surface area contributed by atoms with Crippen LogP contribution in [0.25, 0.3) is 0 Å². The van der Waals surface area contributed by atoms with Crippen LogP contribution in [0.2, 0.25) is 0 Å². The van der Waals surface area contributed by atoms with Crippen molar-refractivity contribution in [1.29, 1.82) is 0 Å². The first kappa shape index (κ1) is 24.5. The number of likely N-dealkylation sites (tertiary alicyclic amines) is 1. The molecule has 34 heavy (non-hydrogen) atoms. The van der Waals surface area contributed by atoms with E-state index in [2.05, 4.69) is 54.4 Å². The predicted octanol–water partition coefficient (Wildman–Crippen LogP) is 4.52. The Bertz CT molecular complexity index is 951. The zero-order chi connectivity index (χ0) is 23.9. The molecule has 0 unspecified atom stereocenters. The van der Waals surface area contributed by atoms with Gasteiger partial charge >= 0.3 is 0 Å². The maximum absolute atomic E-state index is 13.1. The van der Waals surface area contributed by atoms with E-state index < -0.39 is 6.04 Å². The Morgan fingerprint density at radius 2 is 1.74 bits per heavy atom. The number of rotatable bonds is 10. The van der Waals surface area contributed by atoms with Gasteiger partial charge in [-0.15, -0.1) is 0 Å². The van der Waals surface area contributed by atoms with Crippen molar-refractivity contribution in [3.05, 3.63) is 71.3 Å². The summed E-state index contributed by atoms with van der Waals surface area (Å²) in [6.07, 6.45) is 5.30. The van der Waals surface area contributed by atoms with Gasteiger partial charge in [-0.3, -0.25) is 9.59 Å². The van der Waals surface area contributed by atoms with Crippen LogP contribution in [-0.2, 0) is 17.8 Å². The summed E-state index contributed by atoms with van der Waals surface area (Å²) in [5, 5.41) is 3.13. The highest BCUT2D eigenvalue weighted by atomic mass is 16.2. The molecule has 2 heterocycles. The van der Waals surface area contributed by atoms with Crippen molar-refractivity contribution in [2.45, 2.75) is 58.5 Å². The van der Waals surface area contributed by atoms with Gasteiger partial charge in [0.15, 0.2) is 0 Å². The molecule has 0 aliphatic carbocycles. The number of hydrogen-bond donors (Lipinski definition) is 1. The van der Waals surface area contributed by atoms with Gasteiger partial charge in [0.1, 0.15) is 6.04 Å². The molecule has 1 N–H and O–H groups in total. The minimum Gasteiger partial charge on any atom is -0.354 e. The second-order valence-corrected chi connectivity index (χ2v) is 10.4. The zero-order valence-corrected chi connectivity index (χ0v) is 20.7. The normalized spacial score (nSPS) is 17.7. The van der Waals surface area contributed by atoms with Gasteiger partial charge in [0, 0.05) is 18.7 Å². The Hall–Kier alpha value is -2.66. The molecule has 0 aromatic heterocycles. The summed E-state index contributed by atoms with van der Waals surface area (Å²) in [7, 11) is 0. The molecule has 2 aliphatic heterocycles. The lowest BCUT2D eigenvalue weighted by molar-refractivity contribution is -0.126. The van der Waals surface area contributed by atoms with Crippen LogP contribution in [0.5, 0.6) is 0 Å². The number of carbonyl (C=O) groups excluding carboxylic acids is 2. The van der Waals surface area contributed by atoms with Crippen molar-refractivity contribution in [2.75, 3.05) is 26.2 Å². The average Bonchev–Trinajstić information content (AvgIpc) is 3.18. The molecule has 1 saturated heterocycles. The number of hydrogen-bond acceptors (Lipinski definition) is 3. The van der Waals surface area contributed by atoms with Crippen LogP contribution < -0.4 is 5.32 Å². The maximum Gasteiger partial charge on any atom is 0.255 e. The molecule has 0 spiro atoms. The lowest BCUT2D eigenvalue weighted by Gasteiger charge is -2.32. The highest BCUT2D eigenvalue weighted by molar-refractivity contribution is 6.01. The molecular weight excluding hydrogens is 422 g/mol. The van der Waals surface area contributed by atoms with Crippen molar-refractivity contribution in [2.24, 2.45) is 11.8 Å². The van der Waals surface area contributed by atoms with Crippen LogP contribution in [0.15, 0.2) is 54.6 Å². The molecule has 0 saturated carbocycles. The van der Waals surface area contributed by atoms with Crippen molar-refractivity contribution in [3.63, 3.8) is 0 Å². The predicted molar refractivity (Wildman–Crippen MR) is 136 cm³/mol. The minimum atomic E-state index is -0.409. The topological polar surface area (TPSA) is 52.7 Å². The summed E-state index contributed by atoms with van der Waals surface area (Å²) < 4.78 is 0. The van der Waals surface area contributed by atoms with E-state index in [0.717, 1.165) is 43.1 Å². The van der Waals surface area contributed by atoms with Gasteiger partial charge in [0.25, 0.3) is 5.91 Å². The van der Waals surface area contributed by atoms with Crippen LogP contribution in [0.3, 0.4) is 0 Å². The summed E-state index contributed by atoms with van der Waals surface area (Å²) >= 11 is 0. The standard InChI is InChI=1S/C29H39N3O2/c1-22(2)19-27(32-21-25-11-6-7-12-26(25)29(32)34)28(33)30-15-8-16-31-17-13-24(14-18-31)20-23-9-4-3-5-10-23/h3-7,9-12,22,24,27H,8,13-21H2,1-2H3,(H,30,33)/t27-/m1/s1. The molecular formula is C29H39N3O2. The van der Waals surface area contributed by atoms with Crippen molar-refractivity contribution in [1.82, 2.24) is 15.1 Å². The first-order valence-corrected chi connectivity index (χ1v) is 12.9. The molecule has 182 valence electrons. The summed E-state index contributed by atoms with van der Waals surface area (Å²) in [5.41, 5.74) is 3.20. The van der Waals surface area contributed by atoms with Crippen LogP contribution >= 0.6 is 0 Å². The fraction of sp³-hybridized carbons (Fsp3) is 0.517. The Morgan fingerprint density at radius 1 is 1.03 bits per heavy atom. The molecule has 4 rings (SSSR count). The fourth-order valence-corrected chi connectivity index (χ4v) is 5.34. The van der Waals surface area contributed by atoms with E-state index in [1.807, 2.05) is 24.3 Å². The van der Waals surface area contributed by atoms with E-state index in [4.69, 9.17) is 0 Å². The van der Waals surface area contributed by atoms with E-state index in [1.54, 1.807) is 4.90 Å². The number of piperidine rings is 1. The highest BCUT2D eigenvalue weighted by Crippen LogP contribution is 2.27. The van der Waals surface area contributed by atoms with Gasteiger partial charge in [0.2, 0.25) is 5.91 Å². The number of nitrogens with zero attached hydrogens (tertiary/aromatic N) is 2. The number of carbonyl (C=O) groups is 2. The third kappa shape index (κ3) is 6.26. The first-order valence-electron chi connectivity index (χ1n) is 12.9. The molecule has 5 heteroatoms. The maximum atomic E-state index is 13.1. The van der Waals surface area contributed by atoms with Crippen LogP contribution in [0, 0.1) is 11.8 Å². The van der Waals surface area contributed by atoms with Crippen molar-refractivity contribution < 1.29 is 9.59 Å². The van der Waals surface area contributed by atoms with Crippen molar-refractivity contribution in [3.8, 4) is 0 Å². The van der Waals surface area contributed by atoms with Gasteiger partial charge in [0.05, 0.1) is 0 Å². The highest BCUT2D eigenvalue weighted by Gasteiger charge is 2.36. The SMILES string of the molecule is CC(C)C[C@H](C(=O)NCCCN1CCC(Cc2ccccc2)CC1)N1Cc2ccccc2C1=O. The van der Waals surface area contributed by atoms with Crippen LogP contribution in [0.4, 0.5) is 0 Å². The summed E-state index contributed by atoms with van der Waals surface area (Å²) in [4.78, 5) is 30.3. The lowest BCUT2D eigenvalue weighted by Crippen LogP contribution is -2.48. The molecule has 2 aromatic carbocycles. The molecule has 2 amide bonds. The Kier molecular flexibility index (Phi) is 8.39. The molecule has 1 fully saturated rings. The molecule has 0 radical (unpaired) electrons. The molecule has 2 aromatic rings. The van der Waals surface area contributed by atoms with Gasteiger partial charge in [-0.1, -0.05) is 62.4 Å². The average molecular weight is 462 g/mol. The van der Waals surface area contributed by atoms with E-state index in [1.165, 1.54) is 24.8 Å². The second kappa shape index (κ2) is 11.7. The molecule has 2 aliphatic rings. The smallest absolute Gasteiger partial charge is 0.255 e. The van der Waals surface area contributed by atoms with E-state index in [9.17, 15) is 9.59 Å². The second-order valence-electron chi connectivity index (χ2n) is 10.4. The summed E-state index contributed by atoms with van der Waals surface area (Å²) in [6, 6.07) is 18.1. The Balaban J connectivity index is 1.20. The summed E-state index contributed by atoms with van der Waals surface area (Å²) in [5.74, 6) is 1.08. The quantitative estimate of drug-likeness (QED) is 0.530. The van der Waals surface area contributed by atoms with E-state index in [0.29, 0.717) is 25.4 Å². The number of amides is 2. The van der Waals surface area contributed by atoms with Gasteiger partial charge in [-0.2, -0.15) is 0 Å². The third-order valence-corrected chi connectivity index (χ3v) is 7.25. The molecule has 5 nitrogen and oxygen atoms in total. The Labute approximate surface area is 204 Å². The molecule has 1 atom stereocenters. The lowest BCUT2D eigenvalue weighted by atomic mass is 9.90. The monoisotopic (exact) mass is 461 g/mol. The van der Waals surface area contributed by atoms with E-state index >= 15 is 0 Å². The molecule has 0 bridgehead atoms. The van der Waals surface area contributed by atoms with Gasteiger partial charge < -0.3 is 15.1 Å². The van der Waals surface area contributed by atoms with Gasteiger partial charge in [-0.05, 0) is 80.8 Å². The van der Waals surface area contributed by atoms with E-state index in [-0.39, 0.29) is 11.8 Å². The van der Waals surface area contributed by atoms with Crippen LogP contribution in [-0.4, -0.2) is 53.8 Å². The number of benzene rings is 2. The number of nitrogens with one attached hydrogen (secondary N) is 1. The van der Waals surface area contributed by atoms with Crippen LogP contribution in [0.1, 0.15) is 61.0 Å². The Morgan fingerprint density at radius 3 is 2.44 bits per heavy atom. The fourth-order valence-electron chi connectivity index (χ4n) is 5.34. The van der Waals surface area contributed by atoms with Gasteiger partial charge in [-0.25, -0.2) is 0 Å². The third-order valence-electron chi connectivity index (χ3n) is 7.25. The first-order chi connectivity index (χ1) is 16.5. The zero-order valence-electron chi connectivity index (χ0n) is 20.7.